The molecule has 0 aliphatic rings. The Hall–Kier alpha value is -2.89. The van der Waals surface area contributed by atoms with Gasteiger partial charge in [-0.2, -0.15) is 4.98 Å². The maximum absolute atomic E-state index is 13.8. The lowest BCUT2D eigenvalue weighted by molar-refractivity contribution is 0.249. The molecule has 6 heteroatoms. The zero-order valence-electron chi connectivity index (χ0n) is 12.6. The zero-order chi connectivity index (χ0) is 16.1. The van der Waals surface area contributed by atoms with Crippen LogP contribution in [0.1, 0.15) is 16.9 Å². The van der Waals surface area contributed by atoms with E-state index in [9.17, 15) is 4.39 Å². The van der Waals surface area contributed by atoms with Crippen LogP contribution in [0.25, 0.3) is 0 Å². The number of nitrogens with one attached hydrogen (secondary N) is 1. The summed E-state index contributed by atoms with van der Waals surface area (Å²) >= 11 is 0. The Morgan fingerprint density at radius 1 is 1.22 bits per heavy atom. The van der Waals surface area contributed by atoms with Gasteiger partial charge in [0.15, 0.2) is 11.6 Å². The molecule has 0 fully saturated rings. The maximum Gasteiger partial charge on any atom is 0.318 e. The Balaban J connectivity index is 1.64. The van der Waals surface area contributed by atoms with Crippen molar-refractivity contribution < 1.29 is 13.5 Å². The van der Waals surface area contributed by atoms with Crippen LogP contribution in [0.3, 0.4) is 0 Å². The second kappa shape index (κ2) is 6.91. The predicted octanol–water partition coefficient (Wildman–Crippen LogP) is 3.71. The first-order chi connectivity index (χ1) is 11.2. The Kier molecular flexibility index (Phi) is 4.52. The quantitative estimate of drug-likeness (QED) is 0.752. The van der Waals surface area contributed by atoms with Crippen molar-refractivity contribution in [2.75, 3.05) is 5.32 Å². The van der Waals surface area contributed by atoms with Crippen molar-refractivity contribution in [3.05, 3.63) is 71.6 Å². The zero-order valence-corrected chi connectivity index (χ0v) is 12.6. The molecule has 118 valence electrons. The molecule has 0 radical (unpaired) electrons. The number of ether oxygens (including phenoxy) is 1. The Morgan fingerprint density at radius 2 is 2.04 bits per heavy atom. The van der Waals surface area contributed by atoms with Gasteiger partial charge in [0.25, 0.3) is 0 Å². The van der Waals surface area contributed by atoms with Crippen molar-refractivity contribution in [1.82, 2.24) is 9.97 Å². The lowest BCUT2D eigenvalue weighted by Gasteiger charge is -2.08. The third kappa shape index (κ3) is 4.06. The summed E-state index contributed by atoms with van der Waals surface area (Å²) in [5, 5.41) is 2.95. The molecule has 0 saturated carbocycles. The molecule has 0 aliphatic heterocycles. The number of aryl methyl sites for hydroxylation is 1. The maximum atomic E-state index is 13.8. The van der Waals surface area contributed by atoms with E-state index in [1.807, 2.05) is 31.2 Å². The standard InChI is InChI=1S/C17H16FN3O2/c1-12-4-6-13(7-5-12)9-19-16-15(18)10-20-17(21-16)23-11-14-3-2-8-22-14/h2-8,10H,9,11H2,1H3,(H,19,20,21). The lowest BCUT2D eigenvalue weighted by Crippen LogP contribution is -2.06. The van der Waals surface area contributed by atoms with Gasteiger partial charge in [-0.3, -0.25) is 0 Å². The van der Waals surface area contributed by atoms with Crippen LogP contribution in [0.5, 0.6) is 6.01 Å². The summed E-state index contributed by atoms with van der Waals surface area (Å²) in [7, 11) is 0. The SMILES string of the molecule is Cc1ccc(CNc2nc(OCc3ccco3)ncc2F)cc1. The second-order valence-electron chi connectivity index (χ2n) is 5.06. The summed E-state index contributed by atoms with van der Waals surface area (Å²) in [6.45, 7) is 2.67. The average Bonchev–Trinajstić information content (AvgIpc) is 3.08. The molecule has 2 aromatic heterocycles. The van der Waals surface area contributed by atoms with Crippen LogP contribution in [0.4, 0.5) is 10.2 Å². The summed E-state index contributed by atoms with van der Waals surface area (Å²) in [6, 6.07) is 11.6. The van der Waals surface area contributed by atoms with E-state index in [0.29, 0.717) is 12.3 Å². The predicted molar refractivity (Wildman–Crippen MR) is 83.5 cm³/mol. The van der Waals surface area contributed by atoms with Crippen LogP contribution in [0.2, 0.25) is 0 Å². The van der Waals surface area contributed by atoms with E-state index in [1.165, 1.54) is 5.56 Å². The number of anilines is 1. The monoisotopic (exact) mass is 313 g/mol. The smallest absolute Gasteiger partial charge is 0.318 e. The third-order valence-electron chi connectivity index (χ3n) is 3.23. The van der Waals surface area contributed by atoms with Gasteiger partial charge < -0.3 is 14.5 Å². The molecule has 0 spiro atoms. The first-order valence-corrected chi connectivity index (χ1v) is 7.18. The van der Waals surface area contributed by atoms with Crippen molar-refractivity contribution in [2.24, 2.45) is 0 Å². The number of rotatable bonds is 6. The minimum Gasteiger partial charge on any atom is -0.466 e. The van der Waals surface area contributed by atoms with E-state index in [1.54, 1.807) is 18.4 Å². The molecule has 3 aromatic rings. The van der Waals surface area contributed by atoms with Crippen molar-refractivity contribution in [3.8, 4) is 6.01 Å². The van der Waals surface area contributed by atoms with E-state index in [2.05, 4.69) is 15.3 Å². The summed E-state index contributed by atoms with van der Waals surface area (Å²) in [5.74, 6) is 0.226. The summed E-state index contributed by atoms with van der Waals surface area (Å²) < 4.78 is 24.3. The second-order valence-corrected chi connectivity index (χ2v) is 5.06. The molecule has 1 aromatic carbocycles. The minimum absolute atomic E-state index is 0.0919. The van der Waals surface area contributed by atoms with Crippen LogP contribution in [0, 0.1) is 12.7 Å². The molecule has 0 saturated heterocycles. The molecule has 5 nitrogen and oxygen atoms in total. The van der Waals surface area contributed by atoms with Crippen LogP contribution in [-0.2, 0) is 13.2 Å². The first kappa shape index (κ1) is 15.0. The van der Waals surface area contributed by atoms with E-state index in [4.69, 9.17) is 9.15 Å². The number of aromatic nitrogens is 2. The largest absolute Gasteiger partial charge is 0.466 e. The first-order valence-electron chi connectivity index (χ1n) is 7.18. The Morgan fingerprint density at radius 3 is 2.78 bits per heavy atom. The molecule has 0 atom stereocenters. The summed E-state index contributed by atoms with van der Waals surface area (Å²) in [6.07, 6.45) is 2.64. The Labute approximate surface area is 133 Å². The molecule has 0 bridgehead atoms. The number of furan rings is 1. The highest BCUT2D eigenvalue weighted by Gasteiger charge is 2.08. The molecular weight excluding hydrogens is 297 g/mol. The van der Waals surface area contributed by atoms with Crippen LogP contribution in [-0.4, -0.2) is 9.97 Å². The molecule has 0 unspecified atom stereocenters. The van der Waals surface area contributed by atoms with Gasteiger partial charge in [0.2, 0.25) is 0 Å². The lowest BCUT2D eigenvalue weighted by atomic mass is 10.1. The molecular formula is C17H16FN3O2. The van der Waals surface area contributed by atoms with Gasteiger partial charge in [0.05, 0.1) is 12.5 Å². The van der Waals surface area contributed by atoms with Gasteiger partial charge in [0.1, 0.15) is 12.4 Å². The average molecular weight is 313 g/mol. The van der Waals surface area contributed by atoms with Gasteiger partial charge in [-0.15, -0.1) is 0 Å². The van der Waals surface area contributed by atoms with Gasteiger partial charge in [-0.05, 0) is 24.6 Å². The van der Waals surface area contributed by atoms with E-state index in [0.717, 1.165) is 11.8 Å². The normalized spacial score (nSPS) is 10.5. The molecule has 1 N–H and O–H groups in total. The summed E-state index contributed by atoms with van der Waals surface area (Å²) in [4.78, 5) is 7.86. The fraction of sp³-hybridized carbons (Fsp3) is 0.176. The fourth-order valence-electron chi connectivity index (χ4n) is 1.97. The summed E-state index contributed by atoms with van der Waals surface area (Å²) in [5.41, 5.74) is 2.21. The molecule has 2 heterocycles. The highest BCUT2D eigenvalue weighted by molar-refractivity contribution is 5.37. The number of nitrogens with zero attached hydrogens (tertiary/aromatic N) is 2. The fourth-order valence-corrected chi connectivity index (χ4v) is 1.97. The van der Waals surface area contributed by atoms with Crippen LogP contribution >= 0.6 is 0 Å². The van der Waals surface area contributed by atoms with E-state index >= 15 is 0 Å². The van der Waals surface area contributed by atoms with Crippen LogP contribution < -0.4 is 10.1 Å². The number of halogens is 1. The van der Waals surface area contributed by atoms with Crippen molar-refractivity contribution >= 4 is 5.82 Å². The number of hydrogen-bond acceptors (Lipinski definition) is 5. The van der Waals surface area contributed by atoms with Crippen molar-refractivity contribution in [3.63, 3.8) is 0 Å². The topological polar surface area (TPSA) is 60.2 Å². The molecule has 0 aliphatic carbocycles. The molecule has 3 rings (SSSR count). The number of benzene rings is 1. The molecule has 23 heavy (non-hydrogen) atoms. The van der Waals surface area contributed by atoms with Gasteiger partial charge in [-0.1, -0.05) is 29.8 Å². The van der Waals surface area contributed by atoms with E-state index in [-0.39, 0.29) is 18.4 Å². The van der Waals surface area contributed by atoms with E-state index < -0.39 is 5.82 Å². The minimum atomic E-state index is -0.525. The highest BCUT2D eigenvalue weighted by atomic mass is 19.1. The van der Waals surface area contributed by atoms with Crippen molar-refractivity contribution in [2.45, 2.75) is 20.1 Å². The Bertz CT molecular complexity index is 758. The highest BCUT2D eigenvalue weighted by Crippen LogP contribution is 2.16. The third-order valence-corrected chi connectivity index (χ3v) is 3.23. The van der Waals surface area contributed by atoms with Gasteiger partial charge in [0, 0.05) is 6.54 Å². The molecule has 0 amide bonds. The van der Waals surface area contributed by atoms with Crippen LogP contribution in [0.15, 0.2) is 53.3 Å². The van der Waals surface area contributed by atoms with Crippen molar-refractivity contribution in [1.29, 1.82) is 0 Å². The van der Waals surface area contributed by atoms with Gasteiger partial charge >= 0.3 is 6.01 Å². The van der Waals surface area contributed by atoms with Gasteiger partial charge in [-0.25, -0.2) is 9.37 Å². The number of hydrogen-bond donors (Lipinski definition) is 1.